The first-order valence-electron chi connectivity index (χ1n) is 9.25. The van der Waals surface area contributed by atoms with Crippen molar-refractivity contribution in [3.8, 4) is 5.75 Å². The number of rotatable bonds is 7. The van der Waals surface area contributed by atoms with E-state index in [0.29, 0.717) is 30.8 Å². The van der Waals surface area contributed by atoms with Crippen molar-refractivity contribution in [1.29, 1.82) is 0 Å². The summed E-state index contributed by atoms with van der Waals surface area (Å²) < 4.78 is 50.2. The largest absolute Gasteiger partial charge is 0.478 e. The monoisotopic (exact) mass is 388 g/mol. The number of ether oxygens (including phenoxy) is 2. The Morgan fingerprint density at radius 1 is 1.19 bits per heavy atom. The molecule has 1 aromatic carbocycles. The average molecular weight is 388 g/mol. The highest BCUT2D eigenvalue weighted by Crippen LogP contribution is 2.46. The lowest BCUT2D eigenvalue weighted by molar-refractivity contribution is -0.182. The summed E-state index contributed by atoms with van der Waals surface area (Å²) in [5.74, 6) is -2.04. The molecule has 0 bridgehead atoms. The summed E-state index contributed by atoms with van der Waals surface area (Å²) in [6.45, 7) is 5.51. The van der Waals surface area contributed by atoms with Crippen LogP contribution in [0.15, 0.2) is 18.2 Å². The topological polar surface area (TPSA) is 55.8 Å². The van der Waals surface area contributed by atoms with Gasteiger partial charge in [0.15, 0.2) is 5.60 Å². The van der Waals surface area contributed by atoms with E-state index in [9.17, 15) is 23.1 Å². The molecule has 4 nitrogen and oxygen atoms in total. The normalized spacial score (nSPS) is 21.1. The van der Waals surface area contributed by atoms with E-state index in [1.165, 1.54) is 13.8 Å². The van der Waals surface area contributed by atoms with Crippen molar-refractivity contribution in [3.05, 3.63) is 29.3 Å². The highest BCUT2D eigenvalue weighted by molar-refractivity contribution is 5.77. The molecule has 2 rings (SSSR count). The Morgan fingerprint density at radius 2 is 1.81 bits per heavy atom. The van der Waals surface area contributed by atoms with Crippen molar-refractivity contribution in [2.75, 3.05) is 6.61 Å². The molecular formula is C20H27F3O4. The SMILES string of the molecule is CCOCc1cccc(C2CCC(C(F)(F)F)CC2)c1OC(C)(C)C(=O)O. The number of hydrogen-bond donors (Lipinski definition) is 1. The Bertz CT molecular complexity index is 647. The molecule has 0 aliphatic heterocycles. The maximum absolute atomic E-state index is 13.0. The van der Waals surface area contributed by atoms with Gasteiger partial charge in [-0.25, -0.2) is 4.79 Å². The third-order valence-corrected chi connectivity index (χ3v) is 5.09. The smallest absolute Gasteiger partial charge is 0.391 e. The molecule has 1 aromatic rings. The minimum atomic E-state index is -4.16. The number of carboxylic acids is 1. The summed E-state index contributed by atoms with van der Waals surface area (Å²) in [5.41, 5.74) is 0.0176. The number of para-hydroxylation sites is 1. The second-order valence-electron chi connectivity index (χ2n) is 7.48. The third kappa shape index (κ3) is 5.37. The fourth-order valence-corrected chi connectivity index (χ4v) is 3.41. The number of hydrogen-bond acceptors (Lipinski definition) is 3. The molecule has 152 valence electrons. The maximum Gasteiger partial charge on any atom is 0.391 e. The lowest BCUT2D eigenvalue weighted by Gasteiger charge is -2.33. The first kappa shape index (κ1) is 21.5. The van der Waals surface area contributed by atoms with Gasteiger partial charge in [-0.15, -0.1) is 0 Å². The zero-order valence-electron chi connectivity index (χ0n) is 15.9. The Kier molecular flexibility index (Phi) is 6.78. The average Bonchev–Trinajstić information content (AvgIpc) is 2.59. The molecule has 1 fully saturated rings. The standard InChI is InChI=1S/C20H27F3O4/c1-4-26-12-14-6-5-7-16(17(14)27-19(2,3)18(24)25)13-8-10-15(11-9-13)20(21,22)23/h5-7,13,15H,4,8-12H2,1-3H3,(H,24,25). The molecule has 0 atom stereocenters. The second kappa shape index (κ2) is 8.50. The Labute approximate surface area is 157 Å². The van der Waals surface area contributed by atoms with Crippen LogP contribution in [-0.2, 0) is 16.1 Å². The molecule has 27 heavy (non-hydrogen) atoms. The van der Waals surface area contributed by atoms with Gasteiger partial charge in [0.25, 0.3) is 0 Å². The zero-order valence-corrected chi connectivity index (χ0v) is 15.9. The Balaban J connectivity index is 2.31. The van der Waals surface area contributed by atoms with Crippen molar-refractivity contribution in [2.24, 2.45) is 5.92 Å². The van der Waals surface area contributed by atoms with Crippen LogP contribution < -0.4 is 4.74 Å². The Morgan fingerprint density at radius 3 is 2.33 bits per heavy atom. The van der Waals surface area contributed by atoms with Crippen molar-refractivity contribution >= 4 is 5.97 Å². The second-order valence-corrected chi connectivity index (χ2v) is 7.48. The van der Waals surface area contributed by atoms with Crippen LogP contribution in [-0.4, -0.2) is 29.5 Å². The molecule has 1 aliphatic carbocycles. The van der Waals surface area contributed by atoms with Gasteiger partial charge in [-0.2, -0.15) is 13.2 Å². The van der Waals surface area contributed by atoms with E-state index in [2.05, 4.69) is 0 Å². The lowest BCUT2D eigenvalue weighted by Crippen LogP contribution is -2.38. The molecule has 7 heteroatoms. The van der Waals surface area contributed by atoms with Crippen molar-refractivity contribution in [1.82, 2.24) is 0 Å². The van der Waals surface area contributed by atoms with E-state index in [1.54, 1.807) is 6.07 Å². The van der Waals surface area contributed by atoms with E-state index in [4.69, 9.17) is 9.47 Å². The quantitative estimate of drug-likeness (QED) is 0.689. The zero-order chi connectivity index (χ0) is 20.2. The first-order chi connectivity index (χ1) is 12.6. The fourth-order valence-electron chi connectivity index (χ4n) is 3.41. The maximum atomic E-state index is 13.0. The van der Waals surface area contributed by atoms with Crippen LogP contribution in [0.5, 0.6) is 5.75 Å². The molecule has 0 spiro atoms. The van der Waals surface area contributed by atoms with Crippen molar-refractivity contribution in [2.45, 2.75) is 70.8 Å². The minimum absolute atomic E-state index is 0.0750. The van der Waals surface area contributed by atoms with Gasteiger partial charge in [-0.05, 0) is 57.9 Å². The van der Waals surface area contributed by atoms with Crippen molar-refractivity contribution in [3.63, 3.8) is 0 Å². The van der Waals surface area contributed by atoms with E-state index in [1.807, 2.05) is 19.1 Å². The van der Waals surface area contributed by atoms with Crippen LogP contribution in [0.3, 0.4) is 0 Å². The van der Waals surface area contributed by atoms with Gasteiger partial charge in [0.1, 0.15) is 5.75 Å². The van der Waals surface area contributed by atoms with Crippen LogP contribution in [0.2, 0.25) is 0 Å². The van der Waals surface area contributed by atoms with E-state index >= 15 is 0 Å². The number of aliphatic carboxylic acids is 1. The van der Waals surface area contributed by atoms with Crippen LogP contribution in [0.4, 0.5) is 13.2 Å². The molecular weight excluding hydrogens is 361 g/mol. The molecule has 0 radical (unpaired) electrons. The summed E-state index contributed by atoms with van der Waals surface area (Å²) in [4.78, 5) is 11.5. The molecule has 1 N–H and O–H groups in total. The summed E-state index contributed by atoms with van der Waals surface area (Å²) in [7, 11) is 0. The number of carboxylic acid groups (broad SMARTS) is 1. The van der Waals surface area contributed by atoms with Crippen LogP contribution in [0, 0.1) is 5.92 Å². The summed E-state index contributed by atoms with van der Waals surface area (Å²) >= 11 is 0. The molecule has 0 aromatic heterocycles. The molecule has 1 saturated carbocycles. The van der Waals surface area contributed by atoms with Gasteiger partial charge in [-0.3, -0.25) is 0 Å². The van der Waals surface area contributed by atoms with Gasteiger partial charge in [0, 0.05) is 12.2 Å². The van der Waals surface area contributed by atoms with Gasteiger partial charge in [-0.1, -0.05) is 18.2 Å². The van der Waals surface area contributed by atoms with Gasteiger partial charge >= 0.3 is 12.1 Å². The number of carbonyl (C=O) groups is 1. The summed E-state index contributed by atoms with van der Waals surface area (Å²) in [6.07, 6.45) is -3.22. The summed E-state index contributed by atoms with van der Waals surface area (Å²) in [6, 6.07) is 5.44. The van der Waals surface area contributed by atoms with Gasteiger partial charge < -0.3 is 14.6 Å². The first-order valence-corrected chi connectivity index (χ1v) is 9.25. The number of benzene rings is 1. The van der Waals surface area contributed by atoms with E-state index in [-0.39, 0.29) is 25.4 Å². The molecule has 1 aliphatic rings. The predicted octanol–water partition coefficient (Wildman–Crippen LogP) is 5.30. The molecule has 0 unspecified atom stereocenters. The van der Waals surface area contributed by atoms with Gasteiger partial charge in [0.05, 0.1) is 12.5 Å². The highest BCUT2D eigenvalue weighted by atomic mass is 19.4. The van der Waals surface area contributed by atoms with Crippen molar-refractivity contribution < 1.29 is 32.5 Å². The molecule has 0 saturated heterocycles. The fraction of sp³-hybridized carbons (Fsp3) is 0.650. The minimum Gasteiger partial charge on any atom is -0.478 e. The van der Waals surface area contributed by atoms with Crippen LogP contribution >= 0.6 is 0 Å². The lowest BCUT2D eigenvalue weighted by atomic mass is 9.77. The van der Waals surface area contributed by atoms with E-state index in [0.717, 1.165) is 5.56 Å². The highest BCUT2D eigenvalue weighted by Gasteiger charge is 2.42. The predicted molar refractivity (Wildman–Crippen MR) is 94.9 cm³/mol. The van der Waals surface area contributed by atoms with Crippen LogP contribution in [0.25, 0.3) is 0 Å². The number of halogens is 3. The summed E-state index contributed by atoms with van der Waals surface area (Å²) in [5, 5.41) is 9.41. The van der Waals surface area contributed by atoms with Gasteiger partial charge in [0.2, 0.25) is 0 Å². The van der Waals surface area contributed by atoms with Crippen LogP contribution in [0.1, 0.15) is 63.5 Å². The molecule has 0 amide bonds. The Hall–Kier alpha value is -1.76. The third-order valence-electron chi connectivity index (χ3n) is 5.09. The van der Waals surface area contributed by atoms with E-state index < -0.39 is 23.7 Å². The number of alkyl halides is 3. The molecule has 0 heterocycles.